The molecule has 0 bridgehead atoms. The summed E-state index contributed by atoms with van der Waals surface area (Å²) in [4.78, 5) is 2.33. The van der Waals surface area contributed by atoms with Gasteiger partial charge < -0.3 is 10.5 Å². The van der Waals surface area contributed by atoms with Crippen LogP contribution in [0.2, 0.25) is 0 Å². The van der Waals surface area contributed by atoms with Gasteiger partial charge in [0.2, 0.25) is 0 Å². The van der Waals surface area contributed by atoms with E-state index < -0.39 is 0 Å². The van der Waals surface area contributed by atoms with Crippen molar-refractivity contribution in [3.05, 3.63) is 29.8 Å². The first-order chi connectivity index (χ1) is 9.40. The normalized spacial score (nSPS) is 13.6. The molecule has 1 unspecified atom stereocenters. The topological polar surface area (TPSA) is 38.5 Å². The zero-order valence-electron chi connectivity index (χ0n) is 13.6. The van der Waals surface area contributed by atoms with Crippen molar-refractivity contribution >= 4 is 0 Å². The molecule has 0 heterocycles. The highest BCUT2D eigenvalue weighted by Gasteiger charge is 2.23. The van der Waals surface area contributed by atoms with Crippen molar-refractivity contribution < 1.29 is 4.74 Å². The lowest BCUT2D eigenvalue weighted by Gasteiger charge is -2.36. The van der Waals surface area contributed by atoms with Crippen LogP contribution in [0, 0.1) is 0 Å². The highest BCUT2D eigenvalue weighted by Crippen LogP contribution is 2.21. The maximum atomic E-state index is 6.32. The van der Waals surface area contributed by atoms with Gasteiger partial charge in [-0.2, -0.15) is 0 Å². The minimum absolute atomic E-state index is 0.0334. The van der Waals surface area contributed by atoms with E-state index in [0.717, 1.165) is 37.3 Å². The number of nitrogens with two attached hydrogens (primary N) is 1. The molecule has 1 aromatic carbocycles. The van der Waals surface area contributed by atoms with E-state index in [4.69, 9.17) is 10.5 Å². The van der Waals surface area contributed by atoms with Crippen molar-refractivity contribution in [1.29, 1.82) is 0 Å². The molecule has 0 radical (unpaired) electrons. The molecule has 0 aromatic heterocycles. The van der Waals surface area contributed by atoms with E-state index in [1.807, 2.05) is 12.1 Å². The largest absolute Gasteiger partial charge is 0.494 e. The molecule has 3 nitrogen and oxygen atoms in total. The molecule has 1 atom stereocenters. The quantitative estimate of drug-likeness (QED) is 0.789. The Morgan fingerprint density at radius 1 is 1.20 bits per heavy atom. The van der Waals surface area contributed by atoms with Crippen LogP contribution in [0.25, 0.3) is 0 Å². The number of hydrogen-bond donors (Lipinski definition) is 1. The fourth-order valence-corrected chi connectivity index (χ4v) is 1.95. The van der Waals surface area contributed by atoms with Gasteiger partial charge in [-0.05, 0) is 51.4 Å². The standard InChI is InChI=1S/C17H30N2O/c1-6-12-20-15-10-8-14(9-11-15)16(18)13-19(5)17(3,4)7-2/h8-11,16H,6-7,12-13,18H2,1-5H3. The van der Waals surface area contributed by atoms with Gasteiger partial charge >= 0.3 is 0 Å². The summed E-state index contributed by atoms with van der Waals surface area (Å²) in [7, 11) is 2.14. The van der Waals surface area contributed by atoms with Crippen molar-refractivity contribution in [2.45, 2.75) is 52.1 Å². The fourth-order valence-electron chi connectivity index (χ4n) is 1.95. The Morgan fingerprint density at radius 3 is 2.30 bits per heavy atom. The zero-order chi connectivity index (χ0) is 15.2. The molecule has 1 rings (SSSR count). The van der Waals surface area contributed by atoms with E-state index in [9.17, 15) is 0 Å². The zero-order valence-corrected chi connectivity index (χ0v) is 13.6. The predicted octanol–water partition coefficient (Wildman–Crippen LogP) is 3.60. The Balaban J connectivity index is 2.61. The Labute approximate surface area is 124 Å². The lowest BCUT2D eigenvalue weighted by Crippen LogP contribution is -2.44. The van der Waals surface area contributed by atoms with Crippen LogP contribution in [0.5, 0.6) is 5.75 Å². The molecule has 0 saturated carbocycles. The number of hydrogen-bond acceptors (Lipinski definition) is 3. The molecule has 0 aliphatic heterocycles. The number of rotatable bonds is 8. The third-order valence-electron chi connectivity index (χ3n) is 4.15. The number of likely N-dealkylation sites (N-methyl/N-ethyl adjacent to an activating group) is 1. The van der Waals surface area contributed by atoms with Crippen LogP contribution >= 0.6 is 0 Å². The van der Waals surface area contributed by atoms with Gasteiger partial charge in [0.1, 0.15) is 5.75 Å². The van der Waals surface area contributed by atoms with Crippen molar-refractivity contribution in [3.8, 4) is 5.75 Å². The molecule has 0 aliphatic carbocycles. The average molecular weight is 278 g/mol. The maximum absolute atomic E-state index is 6.32. The third kappa shape index (κ3) is 4.80. The van der Waals surface area contributed by atoms with Crippen LogP contribution in [0.4, 0.5) is 0 Å². The fraction of sp³-hybridized carbons (Fsp3) is 0.647. The summed E-state index contributed by atoms with van der Waals surface area (Å²) in [5.74, 6) is 0.921. The first-order valence-corrected chi connectivity index (χ1v) is 7.60. The molecule has 0 amide bonds. The summed E-state index contributed by atoms with van der Waals surface area (Å²) in [5.41, 5.74) is 7.66. The van der Waals surface area contributed by atoms with Gasteiger partial charge in [0.25, 0.3) is 0 Å². The van der Waals surface area contributed by atoms with Gasteiger partial charge in [0.15, 0.2) is 0 Å². The molecular weight excluding hydrogens is 248 g/mol. The van der Waals surface area contributed by atoms with E-state index in [1.165, 1.54) is 0 Å². The van der Waals surface area contributed by atoms with Gasteiger partial charge in [-0.15, -0.1) is 0 Å². The molecular formula is C17H30N2O. The van der Waals surface area contributed by atoms with E-state index in [0.29, 0.717) is 0 Å². The molecule has 0 saturated heterocycles. The summed E-state index contributed by atoms with van der Waals surface area (Å²) in [6, 6.07) is 8.20. The van der Waals surface area contributed by atoms with Gasteiger partial charge in [-0.25, -0.2) is 0 Å². The summed E-state index contributed by atoms with van der Waals surface area (Å²) in [5, 5.41) is 0. The molecule has 20 heavy (non-hydrogen) atoms. The van der Waals surface area contributed by atoms with Crippen LogP contribution in [-0.4, -0.2) is 30.6 Å². The second kappa shape index (κ2) is 7.65. The average Bonchev–Trinajstić information content (AvgIpc) is 2.45. The third-order valence-corrected chi connectivity index (χ3v) is 4.15. The van der Waals surface area contributed by atoms with Crippen molar-refractivity contribution in [1.82, 2.24) is 4.90 Å². The van der Waals surface area contributed by atoms with Crippen LogP contribution < -0.4 is 10.5 Å². The molecule has 3 heteroatoms. The Hall–Kier alpha value is -1.06. The van der Waals surface area contributed by atoms with Crippen LogP contribution in [0.3, 0.4) is 0 Å². The van der Waals surface area contributed by atoms with E-state index in [1.54, 1.807) is 0 Å². The molecule has 114 valence electrons. The number of nitrogens with zero attached hydrogens (tertiary/aromatic N) is 1. The Morgan fingerprint density at radius 2 is 1.80 bits per heavy atom. The smallest absolute Gasteiger partial charge is 0.119 e. The summed E-state index contributed by atoms with van der Waals surface area (Å²) in [6.07, 6.45) is 2.14. The molecule has 2 N–H and O–H groups in total. The highest BCUT2D eigenvalue weighted by molar-refractivity contribution is 5.29. The SMILES string of the molecule is CCCOc1ccc(C(N)CN(C)C(C)(C)CC)cc1. The first kappa shape index (κ1) is 17.0. The molecule has 0 fully saturated rings. The van der Waals surface area contributed by atoms with Crippen LogP contribution in [0.1, 0.15) is 52.1 Å². The van der Waals surface area contributed by atoms with E-state index >= 15 is 0 Å². The van der Waals surface area contributed by atoms with Crippen molar-refractivity contribution in [3.63, 3.8) is 0 Å². The second-order valence-electron chi connectivity index (χ2n) is 6.07. The minimum atomic E-state index is 0.0334. The lowest BCUT2D eigenvalue weighted by molar-refractivity contribution is 0.142. The molecule has 1 aromatic rings. The summed E-state index contributed by atoms with van der Waals surface area (Å²) < 4.78 is 5.59. The molecule has 0 aliphatic rings. The lowest BCUT2D eigenvalue weighted by atomic mass is 9.98. The van der Waals surface area contributed by atoms with Gasteiger partial charge in [-0.3, -0.25) is 4.90 Å². The van der Waals surface area contributed by atoms with Gasteiger partial charge in [0, 0.05) is 18.1 Å². The highest BCUT2D eigenvalue weighted by atomic mass is 16.5. The van der Waals surface area contributed by atoms with Gasteiger partial charge in [0.05, 0.1) is 6.61 Å². The predicted molar refractivity (Wildman–Crippen MR) is 86.2 cm³/mol. The first-order valence-electron chi connectivity index (χ1n) is 7.60. The Bertz CT molecular complexity index is 386. The van der Waals surface area contributed by atoms with E-state index in [2.05, 4.69) is 51.8 Å². The monoisotopic (exact) mass is 278 g/mol. The maximum Gasteiger partial charge on any atom is 0.119 e. The molecule has 0 spiro atoms. The summed E-state index contributed by atoms with van der Waals surface area (Å²) in [6.45, 7) is 10.4. The number of ether oxygens (including phenoxy) is 1. The van der Waals surface area contributed by atoms with Crippen molar-refractivity contribution in [2.75, 3.05) is 20.2 Å². The minimum Gasteiger partial charge on any atom is -0.494 e. The van der Waals surface area contributed by atoms with Crippen LogP contribution in [0.15, 0.2) is 24.3 Å². The number of benzene rings is 1. The summed E-state index contributed by atoms with van der Waals surface area (Å²) >= 11 is 0. The second-order valence-corrected chi connectivity index (χ2v) is 6.07. The Kier molecular flexibility index (Phi) is 6.50. The van der Waals surface area contributed by atoms with Crippen molar-refractivity contribution in [2.24, 2.45) is 5.73 Å². The van der Waals surface area contributed by atoms with E-state index in [-0.39, 0.29) is 11.6 Å². The van der Waals surface area contributed by atoms with Gasteiger partial charge in [-0.1, -0.05) is 26.0 Å². The van der Waals surface area contributed by atoms with Crippen LogP contribution in [-0.2, 0) is 0 Å².